The van der Waals surface area contributed by atoms with Crippen LogP contribution in [0.4, 0.5) is 10.1 Å². The summed E-state index contributed by atoms with van der Waals surface area (Å²) in [5.74, 6) is -0.683. The Bertz CT molecular complexity index is 784. The van der Waals surface area contributed by atoms with Gasteiger partial charge in [0.25, 0.3) is 10.0 Å². The van der Waals surface area contributed by atoms with Crippen LogP contribution in [0, 0.1) is 5.82 Å². The van der Waals surface area contributed by atoms with Gasteiger partial charge < -0.3 is 5.73 Å². The van der Waals surface area contributed by atoms with Crippen molar-refractivity contribution in [3.05, 3.63) is 57.3 Å². The summed E-state index contributed by atoms with van der Waals surface area (Å²) < 4.78 is 40.8. The fourth-order valence-electron chi connectivity index (χ4n) is 1.64. The minimum atomic E-state index is -3.93. The van der Waals surface area contributed by atoms with Gasteiger partial charge in [0.05, 0.1) is 10.6 Å². The maximum absolute atomic E-state index is 13.7. The number of hydrogen-bond acceptors (Lipinski definition) is 3. The van der Waals surface area contributed by atoms with Crippen molar-refractivity contribution in [2.75, 3.05) is 4.72 Å². The molecule has 2 rings (SSSR count). The molecule has 0 aliphatic rings. The van der Waals surface area contributed by atoms with E-state index in [9.17, 15) is 12.8 Å². The lowest BCUT2D eigenvalue weighted by Gasteiger charge is -2.10. The molecule has 0 heterocycles. The molecule has 3 N–H and O–H groups in total. The van der Waals surface area contributed by atoms with E-state index in [1.165, 1.54) is 36.4 Å². The quantitative estimate of drug-likeness (QED) is 0.835. The zero-order chi connectivity index (χ0) is 15.6. The summed E-state index contributed by atoms with van der Waals surface area (Å²) in [7, 11) is -3.93. The van der Waals surface area contributed by atoms with Crippen molar-refractivity contribution in [2.45, 2.75) is 11.4 Å². The Morgan fingerprint density at radius 1 is 1.24 bits per heavy atom. The van der Waals surface area contributed by atoms with E-state index in [0.29, 0.717) is 10.0 Å². The van der Waals surface area contributed by atoms with E-state index in [2.05, 4.69) is 20.7 Å². The topological polar surface area (TPSA) is 72.2 Å². The highest BCUT2D eigenvalue weighted by atomic mass is 79.9. The van der Waals surface area contributed by atoms with Crippen LogP contribution in [0.5, 0.6) is 0 Å². The van der Waals surface area contributed by atoms with Crippen molar-refractivity contribution in [3.8, 4) is 0 Å². The van der Waals surface area contributed by atoms with Crippen LogP contribution in [-0.4, -0.2) is 8.42 Å². The van der Waals surface area contributed by atoms with Crippen molar-refractivity contribution >= 4 is 43.2 Å². The molecule has 0 saturated heterocycles. The molecule has 0 aromatic heterocycles. The number of hydrogen-bond donors (Lipinski definition) is 2. The molecule has 2 aromatic carbocycles. The first-order valence-corrected chi connectivity index (χ1v) is 8.45. The molecule has 0 fully saturated rings. The van der Waals surface area contributed by atoms with E-state index < -0.39 is 15.8 Å². The third kappa shape index (κ3) is 3.74. The lowest BCUT2D eigenvalue weighted by atomic mass is 10.2. The van der Waals surface area contributed by atoms with Gasteiger partial charge in [0.2, 0.25) is 0 Å². The van der Waals surface area contributed by atoms with Crippen molar-refractivity contribution < 1.29 is 12.8 Å². The van der Waals surface area contributed by atoms with Crippen LogP contribution >= 0.6 is 27.5 Å². The van der Waals surface area contributed by atoms with Gasteiger partial charge in [0, 0.05) is 16.0 Å². The average molecular weight is 394 g/mol. The van der Waals surface area contributed by atoms with Crippen molar-refractivity contribution in [3.63, 3.8) is 0 Å². The maximum Gasteiger partial charge on any atom is 0.262 e. The Morgan fingerprint density at radius 2 is 1.95 bits per heavy atom. The fraction of sp³-hybridized carbons (Fsp3) is 0.0769. The molecule has 0 unspecified atom stereocenters. The Balaban J connectivity index is 2.36. The molecule has 0 saturated carbocycles. The Labute approximate surface area is 135 Å². The minimum absolute atomic E-state index is 0.0629. The summed E-state index contributed by atoms with van der Waals surface area (Å²) in [6, 6.07) is 8.20. The normalized spacial score (nSPS) is 11.4. The van der Waals surface area contributed by atoms with Crippen LogP contribution < -0.4 is 10.5 Å². The number of rotatable bonds is 4. The molecule has 8 heteroatoms. The molecular formula is C13H11BrClFN2O2S. The summed E-state index contributed by atoms with van der Waals surface area (Å²) in [6.07, 6.45) is 0. The number of halogens is 3. The average Bonchev–Trinajstić information content (AvgIpc) is 2.42. The summed E-state index contributed by atoms with van der Waals surface area (Å²) in [6.45, 7) is 0.202. The number of anilines is 1. The number of nitrogens with one attached hydrogen (secondary N) is 1. The molecule has 0 spiro atoms. The van der Waals surface area contributed by atoms with Gasteiger partial charge in [-0.3, -0.25) is 4.72 Å². The lowest BCUT2D eigenvalue weighted by molar-refractivity contribution is 0.598. The summed E-state index contributed by atoms with van der Waals surface area (Å²) in [4.78, 5) is -0.0629. The smallest absolute Gasteiger partial charge is 0.262 e. The Kier molecular flexibility index (Phi) is 4.88. The van der Waals surface area contributed by atoms with E-state index in [1.807, 2.05) is 0 Å². The third-order valence-electron chi connectivity index (χ3n) is 2.73. The molecular weight excluding hydrogens is 383 g/mol. The van der Waals surface area contributed by atoms with Gasteiger partial charge >= 0.3 is 0 Å². The Hall–Kier alpha value is -1.15. The van der Waals surface area contributed by atoms with E-state index in [-0.39, 0.29) is 22.2 Å². The van der Waals surface area contributed by atoms with Crippen molar-refractivity contribution in [1.82, 2.24) is 0 Å². The molecule has 0 radical (unpaired) electrons. The zero-order valence-electron chi connectivity index (χ0n) is 10.6. The molecule has 0 amide bonds. The summed E-state index contributed by atoms with van der Waals surface area (Å²) in [5.41, 5.74) is 5.95. The molecule has 0 aliphatic heterocycles. The lowest BCUT2D eigenvalue weighted by Crippen LogP contribution is -2.14. The molecule has 112 valence electrons. The second kappa shape index (κ2) is 6.31. The fourth-order valence-corrected chi connectivity index (χ4v) is 3.39. The SMILES string of the molecule is NCc1ccc(S(=O)(=O)Nc2ccc(Br)cc2F)cc1Cl. The monoisotopic (exact) mass is 392 g/mol. The predicted molar refractivity (Wildman–Crippen MR) is 84.3 cm³/mol. The van der Waals surface area contributed by atoms with Gasteiger partial charge in [0.15, 0.2) is 0 Å². The molecule has 0 bridgehead atoms. The number of nitrogens with two attached hydrogens (primary N) is 1. The highest BCUT2D eigenvalue weighted by molar-refractivity contribution is 9.10. The van der Waals surface area contributed by atoms with Gasteiger partial charge in [-0.25, -0.2) is 12.8 Å². The highest BCUT2D eigenvalue weighted by Gasteiger charge is 2.17. The van der Waals surface area contributed by atoms with Crippen molar-refractivity contribution in [2.24, 2.45) is 5.73 Å². The van der Waals surface area contributed by atoms with Gasteiger partial charge in [-0.1, -0.05) is 33.6 Å². The van der Waals surface area contributed by atoms with Crippen LogP contribution in [0.25, 0.3) is 0 Å². The number of sulfonamides is 1. The second-order valence-corrected chi connectivity index (χ2v) is 7.19. The predicted octanol–water partition coefficient (Wildman–Crippen LogP) is 3.50. The first kappa shape index (κ1) is 16.2. The van der Waals surface area contributed by atoms with Gasteiger partial charge in [-0.05, 0) is 35.9 Å². The highest BCUT2D eigenvalue weighted by Crippen LogP contribution is 2.25. The first-order valence-electron chi connectivity index (χ1n) is 5.80. The van der Waals surface area contributed by atoms with Crippen LogP contribution in [-0.2, 0) is 16.6 Å². The molecule has 0 atom stereocenters. The Morgan fingerprint density at radius 3 is 2.52 bits per heavy atom. The first-order chi connectivity index (χ1) is 9.83. The van der Waals surface area contributed by atoms with Crippen LogP contribution in [0.3, 0.4) is 0 Å². The zero-order valence-corrected chi connectivity index (χ0v) is 13.8. The van der Waals surface area contributed by atoms with E-state index in [1.54, 1.807) is 0 Å². The van der Waals surface area contributed by atoms with Gasteiger partial charge in [-0.2, -0.15) is 0 Å². The molecule has 21 heavy (non-hydrogen) atoms. The summed E-state index contributed by atoms with van der Waals surface area (Å²) in [5, 5.41) is 0.247. The summed E-state index contributed by atoms with van der Waals surface area (Å²) >= 11 is 9.04. The van der Waals surface area contributed by atoms with E-state index in [0.717, 1.165) is 0 Å². The van der Waals surface area contributed by atoms with Crippen LogP contribution in [0.15, 0.2) is 45.8 Å². The van der Waals surface area contributed by atoms with Crippen molar-refractivity contribution in [1.29, 1.82) is 0 Å². The standard InChI is InChI=1S/C13H11BrClFN2O2S/c14-9-2-4-13(12(16)5-9)18-21(19,20)10-3-1-8(7-17)11(15)6-10/h1-6,18H,7,17H2. The van der Waals surface area contributed by atoms with Crippen LogP contribution in [0.2, 0.25) is 5.02 Å². The largest absolute Gasteiger partial charge is 0.326 e. The van der Waals surface area contributed by atoms with E-state index in [4.69, 9.17) is 17.3 Å². The van der Waals surface area contributed by atoms with E-state index >= 15 is 0 Å². The third-order valence-corrected chi connectivity index (χ3v) is 4.94. The van der Waals surface area contributed by atoms with Crippen LogP contribution in [0.1, 0.15) is 5.56 Å². The van der Waals surface area contributed by atoms with Gasteiger partial charge in [0.1, 0.15) is 5.82 Å². The maximum atomic E-state index is 13.7. The minimum Gasteiger partial charge on any atom is -0.326 e. The molecule has 2 aromatic rings. The molecule has 0 aliphatic carbocycles. The number of benzene rings is 2. The molecule has 4 nitrogen and oxygen atoms in total. The second-order valence-electron chi connectivity index (χ2n) is 4.19. The van der Waals surface area contributed by atoms with Gasteiger partial charge in [-0.15, -0.1) is 0 Å².